The van der Waals surface area contributed by atoms with E-state index in [1.807, 2.05) is 0 Å². The van der Waals surface area contributed by atoms with Crippen LogP contribution in [0.1, 0.15) is 16.8 Å². The van der Waals surface area contributed by atoms with Crippen LogP contribution in [0.2, 0.25) is 0 Å². The molecule has 1 aromatic heterocycles. The summed E-state index contributed by atoms with van der Waals surface area (Å²) in [5, 5.41) is 9.18. The predicted octanol–water partition coefficient (Wildman–Crippen LogP) is 1.17. The largest absolute Gasteiger partial charge is 0.478 e. The van der Waals surface area contributed by atoms with Crippen LogP contribution in [0, 0.1) is 0 Å². The van der Waals surface area contributed by atoms with E-state index in [0.717, 1.165) is 0 Å². The zero-order chi connectivity index (χ0) is 14.2. The second-order valence-electron chi connectivity index (χ2n) is 4.50. The number of carboxylic acid groups (broad SMARTS) is 1. The van der Waals surface area contributed by atoms with Crippen LogP contribution in [-0.4, -0.2) is 49.1 Å². The number of nitrogens with zero attached hydrogens (tertiary/aromatic N) is 2. The fraction of sp³-hybridized carbons (Fsp3) is 0.455. The number of halogens is 1. The lowest BCUT2D eigenvalue weighted by Gasteiger charge is -2.25. The Morgan fingerprint density at radius 2 is 2.26 bits per heavy atom. The molecule has 1 N–H and O–H groups in total. The molecule has 104 valence electrons. The van der Waals surface area contributed by atoms with Crippen molar-refractivity contribution >= 4 is 37.6 Å². The number of carboxylic acids is 1. The normalized spacial score (nSPS) is 21.3. The first-order chi connectivity index (χ1) is 8.80. The second-order valence-corrected chi connectivity index (χ2v) is 7.64. The second kappa shape index (κ2) is 5.09. The number of hydrogen-bond donors (Lipinski definition) is 1. The smallest absolute Gasteiger partial charge is 0.339 e. The molecule has 1 fully saturated rings. The van der Waals surface area contributed by atoms with Gasteiger partial charge < -0.3 is 10.0 Å². The maximum absolute atomic E-state index is 11.5. The van der Waals surface area contributed by atoms with Crippen molar-refractivity contribution in [3.05, 3.63) is 22.3 Å². The molecule has 1 unspecified atom stereocenters. The van der Waals surface area contributed by atoms with Crippen molar-refractivity contribution in [3.63, 3.8) is 0 Å². The molecule has 1 saturated heterocycles. The van der Waals surface area contributed by atoms with Gasteiger partial charge in [0.25, 0.3) is 0 Å². The number of carbonyl (C=O) groups is 1. The third-order valence-corrected chi connectivity index (χ3v) is 5.34. The topological polar surface area (TPSA) is 87.6 Å². The van der Waals surface area contributed by atoms with Crippen LogP contribution >= 0.6 is 15.9 Å². The molecule has 0 radical (unpaired) electrons. The van der Waals surface area contributed by atoms with Crippen molar-refractivity contribution in [2.45, 2.75) is 12.5 Å². The Kier molecular flexibility index (Phi) is 3.82. The van der Waals surface area contributed by atoms with Crippen LogP contribution in [0.15, 0.2) is 16.7 Å². The van der Waals surface area contributed by atoms with Gasteiger partial charge in [0.2, 0.25) is 0 Å². The third-order valence-electron chi connectivity index (χ3n) is 3.15. The summed E-state index contributed by atoms with van der Waals surface area (Å²) >= 11 is 3.18. The van der Waals surface area contributed by atoms with Gasteiger partial charge in [-0.1, -0.05) is 0 Å². The number of aromatic nitrogens is 1. The van der Waals surface area contributed by atoms with Gasteiger partial charge in [-0.2, -0.15) is 0 Å². The Morgan fingerprint density at radius 3 is 2.79 bits per heavy atom. The van der Waals surface area contributed by atoms with E-state index in [0.29, 0.717) is 10.9 Å². The minimum Gasteiger partial charge on any atom is -0.478 e. The van der Waals surface area contributed by atoms with E-state index in [9.17, 15) is 18.3 Å². The number of pyridine rings is 1. The number of hydrogen-bond acceptors (Lipinski definition) is 5. The quantitative estimate of drug-likeness (QED) is 0.881. The molecule has 1 aromatic rings. The molecule has 2 rings (SSSR count). The zero-order valence-corrected chi connectivity index (χ0v) is 12.6. The molecule has 0 aromatic carbocycles. The highest BCUT2D eigenvalue weighted by atomic mass is 79.9. The number of rotatable bonds is 3. The van der Waals surface area contributed by atoms with Crippen molar-refractivity contribution in [2.24, 2.45) is 0 Å². The van der Waals surface area contributed by atoms with Gasteiger partial charge in [-0.25, -0.2) is 18.2 Å². The summed E-state index contributed by atoms with van der Waals surface area (Å²) in [5.41, 5.74) is 0.0566. The lowest BCUT2D eigenvalue weighted by atomic mass is 10.2. The molecule has 1 atom stereocenters. The van der Waals surface area contributed by atoms with Crippen LogP contribution < -0.4 is 4.90 Å². The Hall–Kier alpha value is -1.15. The Balaban J connectivity index is 2.34. The lowest BCUT2D eigenvalue weighted by Crippen LogP contribution is -2.34. The van der Waals surface area contributed by atoms with Gasteiger partial charge in [-0.3, -0.25) is 0 Å². The summed E-state index contributed by atoms with van der Waals surface area (Å²) in [6, 6.07) is 1.24. The summed E-state index contributed by atoms with van der Waals surface area (Å²) in [6.07, 6.45) is 2.00. The van der Waals surface area contributed by atoms with Crippen LogP contribution in [0.3, 0.4) is 0 Å². The van der Waals surface area contributed by atoms with Gasteiger partial charge in [-0.15, -0.1) is 0 Å². The summed E-state index contributed by atoms with van der Waals surface area (Å²) in [5.74, 6) is -0.615. The van der Waals surface area contributed by atoms with E-state index >= 15 is 0 Å². The van der Waals surface area contributed by atoms with E-state index in [4.69, 9.17) is 0 Å². The molecule has 19 heavy (non-hydrogen) atoms. The zero-order valence-electron chi connectivity index (χ0n) is 10.2. The first-order valence-electron chi connectivity index (χ1n) is 5.62. The van der Waals surface area contributed by atoms with E-state index in [2.05, 4.69) is 20.9 Å². The Bertz CT molecular complexity index is 617. The van der Waals surface area contributed by atoms with Crippen molar-refractivity contribution < 1.29 is 18.3 Å². The molecule has 0 bridgehead atoms. The van der Waals surface area contributed by atoms with Gasteiger partial charge in [0.05, 0.1) is 11.5 Å². The Morgan fingerprint density at radius 1 is 1.58 bits per heavy atom. The molecule has 0 saturated carbocycles. The summed E-state index contributed by atoms with van der Waals surface area (Å²) in [6.45, 7) is 0. The van der Waals surface area contributed by atoms with Crippen molar-refractivity contribution in [2.75, 3.05) is 23.5 Å². The number of sulfone groups is 1. The van der Waals surface area contributed by atoms with Crippen LogP contribution in [0.5, 0.6) is 0 Å². The van der Waals surface area contributed by atoms with Crippen LogP contribution in [0.25, 0.3) is 0 Å². The van der Waals surface area contributed by atoms with Crippen LogP contribution in [0.4, 0.5) is 5.82 Å². The molecule has 1 aliphatic heterocycles. The van der Waals surface area contributed by atoms with E-state index < -0.39 is 15.8 Å². The minimum atomic E-state index is -3.02. The molecular formula is C11H13BrN2O4S. The van der Waals surface area contributed by atoms with Crippen molar-refractivity contribution in [1.29, 1.82) is 0 Å². The minimum absolute atomic E-state index is 0.0420. The molecule has 1 aliphatic rings. The maximum atomic E-state index is 11.5. The average molecular weight is 349 g/mol. The van der Waals surface area contributed by atoms with E-state index in [-0.39, 0.29) is 28.9 Å². The van der Waals surface area contributed by atoms with Gasteiger partial charge in [-0.05, 0) is 28.4 Å². The van der Waals surface area contributed by atoms with Gasteiger partial charge in [0.1, 0.15) is 11.4 Å². The number of anilines is 1. The Labute approximate surface area is 119 Å². The molecular weight excluding hydrogens is 336 g/mol. The summed E-state index contributed by atoms with van der Waals surface area (Å²) < 4.78 is 23.5. The monoisotopic (exact) mass is 348 g/mol. The first kappa shape index (κ1) is 14.3. The summed E-state index contributed by atoms with van der Waals surface area (Å²) in [4.78, 5) is 16.9. The lowest BCUT2D eigenvalue weighted by molar-refractivity contribution is 0.0697. The molecule has 8 heteroatoms. The van der Waals surface area contributed by atoms with Crippen molar-refractivity contribution in [3.8, 4) is 0 Å². The van der Waals surface area contributed by atoms with Gasteiger partial charge in [0.15, 0.2) is 9.84 Å². The molecule has 0 amide bonds. The fourth-order valence-electron chi connectivity index (χ4n) is 2.12. The molecule has 0 spiro atoms. The third kappa shape index (κ3) is 3.06. The highest BCUT2D eigenvalue weighted by molar-refractivity contribution is 9.10. The van der Waals surface area contributed by atoms with Gasteiger partial charge in [0, 0.05) is 23.8 Å². The molecule has 2 heterocycles. The van der Waals surface area contributed by atoms with Gasteiger partial charge >= 0.3 is 5.97 Å². The first-order valence-corrected chi connectivity index (χ1v) is 8.24. The fourth-order valence-corrected chi connectivity index (χ4v) is 4.23. The highest BCUT2D eigenvalue weighted by Crippen LogP contribution is 2.26. The number of aromatic carboxylic acids is 1. The SMILES string of the molecule is CN(c1ncc(Br)cc1C(=O)O)C1CCS(=O)(=O)C1. The summed E-state index contributed by atoms with van der Waals surface area (Å²) in [7, 11) is -1.34. The van der Waals surface area contributed by atoms with Crippen molar-refractivity contribution in [1.82, 2.24) is 4.98 Å². The van der Waals surface area contributed by atoms with Crippen LogP contribution in [-0.2, 0) is 9.84 Å². The highest BCUT2D eigenvalue weighted by Gasteiger charge is 2.32. The van der Waals surface area contributed by atoms with E-state index in [1.54, 1.807) is 11.9 Å². The maximum Gasteiger partial charge on any atom is 0.339 e. The van der Waals surface area contributed by atoms with E-state index in [1.165, 1.54) is 12.3 Å². The standard InChI is InChI=1S/C11H13BrN2O4S/c1-14(8-2-3-19(17,18)6-8)10-9(11(15)16)4-7(12)5-13-10/h4-5,8H,2-3,6H2,1H3,(H,15,16). The molecule has 0 aliphatic carbocycles. The molecule has 6 nitrogen and oxygen atoms in total. The predicted molar refractivity (Wildman–Crippen MR) is 74.4 cm³/mol. The average Bonchev–Trinajstić information content (AvgIpc) is 2.68.